The van der Waals surface area contributed by atoms with Crippen LogP contribution in [0.4, 0.5) is 0 Å². The van der Waals surface area contributed by atoms with Gasteiger partial charge in [0.1, 0.15) is 17.1 Å². The highest BCUT2D eigenvalue weighted by Crippen LogP contribution is 2.40. The highest BCUT2D eigenvalue weighted by Gasteiger charge is 2.32. The van der Waals surface area contributed by atoms with E-state index in [-0.39, 0.29) is 11.6 Å². The molecule has 1 aromatic carbocycles. The highest BCUT2D eigenvalue weighted by atomic mass is 16.5. The van der Waals surface area contributed by atoms with Crippen LogP contribution < -0.4 is 9.47 Å². The number of rotatable bonds is 8. The summed E-state index contributed by atoms with van der Waals surface area (Å²) in [7, 11) is 3.12. The van der Waals surface area contributed by atoms with Crippen LogP contribution in [0.2, 0.25) is 0 Å². The van der Waals surface area contributed by atoms with E-state index in [1.807, 2.05) is 12.1 Å². The Kier molecular flexibility index (Phi) is 7.73. The van der Waals surface area contributed by atoms with Gasteiger partial charge in [0.25, 0.3) is 0 Å². The van der Waals surface area contributed by atoms with E-state index in [1.54, 1.807) is 14.0 Å². The lowest BCUT2D eigenvalue weighted by atomic mass is 9.87. The van der Waals surface area contributed by atoms with Gasteiger partial charge in [-0.05, 0) is 89.5 Å². The Bertz CT molecular complexity index is 760. The number of ether oxygens (including phenoxy) is 3. The molecule has 0 saturated heterocycles. The molecule has 0 fully saturated rings. The van der Waals surface area contributed by atoms with Gasteiger partial charge in [0.15, 0.2) is 0 Å². The molecule has 0 bridgehead atoms. The van der Waals surface area contributed by atoms with Crippen molar-refractivity contribution in [3.05, 3.63) is 46.6 Å². The number of fused-ring (bicyclic) bond motifs is 1. The lowest BCUT2D eigenvalue weighted by molar-refractivity contribution is -0.136. The van der Waals surface area contributed by atoms with Gasteiger partial charge < -0.3 is 14.2 Å². The molecule has 1 aliphatic heterocycles. The third-order valence-electron chi connectivity index (χ3n) is 5.49. The number of hydrogen-bond donors (Lipinski definition) is 0. The molecule has 1 aliphatic rings. The first-order valence-corrected chi connectivity index (χ1v) is 10.0. The summed E-state index contributed by atoms with van der Waals surface area (Å²) in [6.45, 7) is 8.24. The maximum atomic E-state index is 11.4. The van der Waals surface area contributed by atoms with E-state index in [1.165, 1.54) is 18.2 Å². The van der Waals surface area contributed by atoms with Crippen LogP contribution in [-0.2, 0) is 16.0 Å². The second-order valence-electron chi connectivity index (χ2n) is 7.99. The van der Waals surface area contributed by atoms with Gasteiger partial charge in [-0.1, -0.05) is 17.7 Å². The Hall–Kier alpha value is -2.23. The number of methoxy groups -OCH3 is 2. The first kappa shape index (κ1) is 22.1. The summed E-state index contributed by atoms with van der Waals surface area (Å²) >= 11 is 0. The van der Waals surface area contributed by atoms with Gasteiger partial charge in [-0.3, -0.25) is 0 Å². The van der Waals surface area contributed by atoms with E-state index >= 15 is 0 Å². The number of hydrogen-bond acceptors (Lipinski definition) is 4. The first-order valence-electron chi connectivity index (χ1n) is 10.0. The van der Waals surface area contributed by atoms with Gasteiger partial charge in [-0.2, -0.15) is 0 Å². The van der Waals surface area contributed by atoms with Crippen molar-refractivity contribution < 1.29 is 19.0 Å². The molecule has 0 amide bonds. The number of aryl methyl sites for hydroxylation is 2. The minimum Gasteiger partial charge on any atom is -0.497 e. The normalized spacial score (nSPS) is 19.6. The second kappa shape index (κ2) is 9.81. The number of allylic oxidation sites excluding steroid dienone is 3. The Labute approximate surface area is 169 Å². The number of carbonyl (C=O) groups is 1. The fourth-order valence-electron chi connectivity index (χ4n) is 3.62. The quantitative estimate of drug-likeness (QED) is 0.326. The summed E-state index contributed by atoms with van der Waals surface area (Å²) in [6.07, 6.45) is 10.1. The van der Waals surface area contributed by atoms with E-state index in [9.17, 15) is 4.79 Å². The van der Waals surface area contributed by atoms with Crippen LogP contribution in [0.25, 0.3) is 0 Å². The summed E-state index contributed by atoms with van der Waals surface area (Å²) in [5.74, 6) is 1.68. The third-order valence-corrected chi connectivity index (χ3v) is 5.49. The maximum absolute atomic E-state index is 11.4. The van der Waals surface area contributed by atoms with Gasteiger partial charge in [0, 0.05) is 5.57 Å². The largest absolute Gasteiger partial charge is 0.497 e. The Morgan fingerprint density at radius 2 is 1.96 bits per heavy atom. The van der Waals surface area contributed by atoms with Gasteiger partial charge in [-0.25, -0.2) is 4.79 Å². The van der Waals surface area contributed by atoms with Crippen molar-refractivity contribution in [2.24, 2.45) is 0 Å². The zero-order valence-electron chi connectivity index (χ0n) is 18.2. The minimum absolute atomic E-state index is 0.134. The third kappa shape index (κ3) is 5.88. The fraction of sp³-hybridized carbons (Fsp3) is 0.542. The Morgan fingerprint density at radius 3 is 2.64 bits per heavy atom. The predicted octanol–water partition coefficient (Wildman–Crippen LogP) is 5.71. The predicted molar refractivity (Wildman–Crippen MR) is 113 cm³/mol. The van der Waals surface area contributed by atoms with E-state index in [2.05, 4.69) is 32.9 Å². The van der Waals surface area contributed by atoms with Gasteiger partial charge >= 0.3 is 5.97 Å². The molecule has 0 aliphatic carbocycles. The monoisotopic (exact) mass is 386 g/mol. The summed E-state index contributed by atoms with van der Waals surface area (Å²) in [5, 5.41) is 0. The topological polar surface area (TPSA) is 44.8 Å². The van der Waals surface area contributed by atoms with Crippen LogP contribution in [0, 0.1) is 6.92 Å². The Morgan fingerprint density at radius 1 is 1.21 bits per heavy atom. The van der Waals surface area contributed by atoms with Gasteiger partial charge in [0.2, 0.25) is 0 Å². The van der Waals surface area contributed by atoms with Gasteiger partial charge in [-0.15, -0.1) is 0 Å². The van der Waals surface area contributed by atoms with Crippen molar-refractivity contribution >= 4 is 5.97 Å². The molecule has 4 nitrogen and oxygen atoms in total. The molecule has 1 atom stereocenters. The lowest BCUT2D eigenvalue weighted by Crippen LogP contribution is -2.36. The summed E-state index contributed by atoms with van der Waals surface area (Å²) in [5.41, 5.74) is 4.26. The standard InChI is InChI=1S/C24H34O4/c1-17(9-7-11-18(2)23(25)27-6)10-8-13-24(4)14-12-20-16-21(26-5)15-19(3)22(20)28-24/h10-11,15-16H,7-9,12-14H2,1-6H3. The zero-order valence-corrected chi connectivity index (χ0v) is 18.2. The van der Waals surface area contributed by atoms with Crippen LogP contribution in [0.1, 0.15) is 64.0 Å². The summed E-state index contributed by atoms with van der Waals surface area (Å²) in [4.78, 5) is 11.4. The average molecular weight is 387 g/mol. The molecule has 1 aromatic rings. The van der Waals surface area contributed by atoms with Crippen molar-refractivity contribution in [2.75, 3.05) is 14.2 Å². The van der Waals surface area contributed by atoms with Gasteiger partial charge in [0.05, 0.1) is 14.2 Å². The average Bonchev–Trinajstić information content (AvgIpc) is 2.67. The van der Waals surface area contributed by atoms with Crippen molar-refractivity contribution in [1.82, 2.24) is 0 Å². The first-order chi connectivity index (χ1) is 13.3. The SMILES string of the molecule is COC(=O)C(C)=CCCC(C)=CCCC1(C)CCc2cc(OC)cc(C)c2O1. The maximum Gasteiger partial charge on any atom is 0.333 e. The molecule has 1 heterocycles. The van der Waals surface area contributed by atoms with Crippen LogP contribution in [0.15, 0.2) is 35.4 Å². The molecule has 1 unspecified atom stereocenters. The van der Waals surface area contributed by atoms with E-state index in [0.29, 0.717) is 5.57 Å². The number of esters is 1. The lowest BCUT2D eigenvalue weighted by Gasteiger charge is -2.37. The Balaban J connectivity index is 1.89. The van der Waals surface area contributed by atoms with Crippen LogP contribution in [0.5, 0.6) is 11.5 Å². The van der Waals surface area contributed by atoms with E-state index < -0.39 is 0 Å². The van der Waals surface area contributed by atoms with Crippen LogP contribution >= 0.6 is 0 Å². The van der Waals surface area contributed by atoms with Crippen molar-refractivity contribution in [3.63, 3.8) is 0 Å². The summed E-state index contributed by atoms with van der Waals surface area (Å²) in [6, 6.07) is 4.13. The van der Waals surface area contributed by atoms with Crippen LogP contribution in [-0.4, -0.2) is 25.8 Å². The second-order valence-corrected chi connectivity index (χ2v) is 7.99. The van der Waals surface area contributed by atoms with E-state index in [0.717, 1.165) is 55.6 Å². The molecule has 4 heteroatoms. The number of carbonyl (C=O) groups excluding carboxylic acids is 1. The zero-order chi connectivity index (χ0) is 20.7. The summed E-state index contributed by atoms with van der Waals surface area (Å²) < 4.78 is 16.5. The van der Waals surface area contributed by atoms with E-state index in [4.69, 9.17) is 14.2 Å². The molecule has 0 radical (unpaired) electrons. The highest BCUT2D eigenvalue weighted by molar-refractivity contribution is 5.87. The molecule has 0 aromatic heterocycles. The molecule has 28 heavy (non-hydrogen) atoms. The molecule has 154 valence electrons. The smallest absolute Gasteiger partial charge is 0.333 e. The molecule has 0 N–H and O–H groups in total. The molecular weight excluding hydrogens is 352 g/mol. The van der Waals surface area contributed by atoms with Crippen LogP contribution in [0.3, 0.4) is 0 Å². The molecule has 2 rings (SSSR count). The van der Waals surface area contributed by atoms with Crippen molar-refractivity contribution in [2.45, 2.75) is 71.8 Å². The minimum atomic E-state index is -0.253. The number of benzene rings is 1. The fourth-order valence-corrected chi connectivity index (χ4v) is 3.62. The van der Waals surface area contributed by atoms with Crippen molar-refractivity contribution in [3.8, 4) is 11.5 Å². The van der Waals surface area contributed by atoms with Crippen molar-refractivity contribution in [1.29, 1.82) is 0 Å². The molecule has 0 spiro atoms. The molecular formula is C24H34O4. The molecule has 0 saturated carbocycles.